The van der Waals surface area contributed by atoms with E-state index in [0.717, 1.165) is 35.4 Å². The minimum Gasteiger partial charge on any atom is -0.354 e. The fraction of sp³-hybridized carbons (Fsp3) is 0.562. The number of unbranched alkanes of at least 4 members (excludes halogenated alkanes) is 2. The number of hydrogen-bond acceptors (Lipinski definition) is 3. The molecule has 0 bridgehead atoms. The van der Waals surface area contributed by atoms with Gasteiger partial charge in [0.2, 0.25) is 15.9 Å². The molecular weight excluding hydrogens is 336 g/mol. The molecule has 1 unspecified atom stereocenters. The molecule has 7 heteroatoms. The second kappa shape index (κ2) is 8.55. The molecule has 0 heterocycles. The number of carbonyl (C=O) groups excluding carboxylic acids is 1. The number of halogens is 1. The number of rotatable bonds is 8. The normalized spacial score (nSPS) is 12.7. The van der Waals surface area contributed by atoms with Gasteiger partial charge in [-0.2, -0.15) is 0 Å². The largest absolute Gasteiger partial charge is 0.354 e. The van der Waals surface area contributed by atoms with E-state index in [0.29, 0.717) is 17.3 Å². The van der Waals surface area contributed by atoms with Crippen LogP contribution < -0.4 is 9.62 Å². The number of anilines is 1. The number of nitrogens with one attached hydrogen (secondary N) is 1. The van der Waals surface area contributed by atoms with Crippen LogP contribution in [0.1, 0.15) is 38.7 Å². The zero-order valence-corrected chi connectivity index (χ0v) is 15.7. The van der Waals surface area contributed by atoms with Crippen LogP contribution in [0.4, 0.5) is 5.69 Å². The summed E-state index contributed by atoms with van der Waals surface area (Å²) in [5.74, 6) is -0.314. The molecule has 0 saturated carbocycles. The summed E-state index contributed by atoms with van der Waals surface area (Å²) >= 11 is 5.99. The number of amides is 1. The van der Waals surface area contributed by atoms with E-state index >= 15 is 0 Å². The van der Waals surface area contributed by atoms with Crippen LogP contribution in [0.15, 0.2) is 18.2 Å². The van der Waals surface area contributed by atoms with Crippen LogP contribution in [0.5, 0.6) is 0 Å². The lowest BCUT2D eigenvalue weighted by molar-refractivity contribution is -0.121. The van der Waals surface area contributed by atoms with Crippen molar-refractivity contribution in [3.63, 3.8) is 0 Å². The van der Waals surface area contributed by atoms with Gasteiger partial charge >= 0.3 is 0 Å². The van der Waals surface area contributed by atoms with Gasteiger partial charge < -0.3 is 5.32 Å². The van der Waals surface area contributed by atoms with Gasteiger partial charge in [0, 0.05) is 11.6 Å². The molecule has 1 aromatic rings. The molecular formula is C16H25ClN2O3S. The van der Waals surface area contributed by atoms with Crippen molar-refractivity contribution in [3.8, 4) is 0 Å². The molecule has 0 fully saturated rings. The average Bonchev–Trinajstić information content (AvgIpc) is 2.45. The van der Waals surface area contributed by atoms with E-state index in [4.69, 9.17) is 11.6 Å². The Labute approximate surface area is 144 Å². The van der Waals surface area contributed by atoms with Crippen molar-refractivity contribution in [1.82, 2.24) is 5.32 Å². The number of benzene rings is 1. The zero-order chi connectivity index (χ0) is 17.6. The van der Waals surface area contributed by atoms with Crippen molar-refractivity contribution in [3.05, 3.63) is 28.8 Å². The minimum absolute atomic E-state index is 0.314. The van der Waals surface area contributed by atoms with E-state index < -0.39 is 16.1 Å². The molecule has 0 saturated heterocycles. The predicted octanol–water partition coefficient (Wildman–Crippen LogP) is 3.11. The Balaban J connectivity index is 3.03. The Hall–Kier alpha value is -1.27. The first-order chi connectivity index (χ1) is 10.7. The Bertz CT molecular complexity index is 647. The molecule has 0 aliphatic heterocycles. The predicted molar refractivity (Wildman–Crippen MR) is 95.5 cm³/mol. The lowest BCUT2D eigenvalue weighted by Gasteiger charge is -2.29. The number of nitrogens with zero attached hydrogens (tertiary/aromatic N) is 1. The molecule has 130 valence electrons. The van der Waals surface area contributed by atoms with Crippen LogP contribution in [0.25, 0.3) is 0 Å². The molecule has 1 atom stereocenters. The van der Waals surface area contributed by atoms with Crippen molar-refractivity contribution in [1.29, 1.82) is 0 Å². The van der Waals surface area contributed by atoms with Crippen LogP contribution in [0, 0.1) is 6.92 Å². The highest BCUT2D eigenvalue weighted by molar-refractivity contribution is 7.92. The Kier molecular flexibility index (Phi) is 7.35. The summed E-state index contributed by atoms with van der Waals surface area (Å²) in [5, 5.41) is 3.22. The highest BCUT2D eigenvalue weighted by Gasteiger charge is 2.30. The second-order valence-corrected chi connectivity index (χ2v) is 7.96. The van der Waals surface area contributed by atoms with Gasteiger partial charge in [-0.15, -0.1) is 0 Å². The topological polar surface area (TPSA) is 66.5 Å². The zero-order valence-electron chi connectivity index (χ0n) is 14.1. The van der Waals surface area contributed by atoms with Crippen LogP contribution in [-0.2, 0) is 14.8 Å². The quantitative estimate of drug-likeness (QED) is 0.724. The van der Waals surface area contributed by atoms with E-state index in [1.165, 1.54) is 0 Å². The monoisotopic (exact) mass is 360 g/mol. The van der Waals surface area contributed by atoms with Crippen LogP contribution in [0.3, 0.4) is 0 Å². The summed E-state index contributed by atoms with van der Waals surface area (Å²) in [4.78, 5) is 12.3. The minimum atomic E-state index is -3.62. The van der Waals surface area contributed by atoms with Gasteiger partial charge in [-0.05, 0) is 38.0 Å². The van der Waals surface area contributed by atoms with E-state index in [1.54, 1.807) is 32.0 Å². The first-order valence-corrected chi connectivity index (χ1v) is 9.94. The van der Waals surface area contributed by atoms with Gasteiger partial charge in [0.1, 0.15) is 6.04 Å². The summed E-state index contributed by atoms with van der Waals surface area (Å²) in [5.41, 5.74) is 1.17. The van der Waals surface area contributed by atoms with E-state index in [9.17, 15) is 13.2 Å². The lowest BCUT2D eigenvalue weighted by atomic mass is 10.1. The first kappa shape index (κ1) is 19.8. The van der Waals surface area contributed by atoms with Crippen molar-refractivity contribution in [2.75, 3.05) is 17.1 Å². The highest BCUT2D eigenvalue weighted by atomic mass is 35.5. The van der Waals surface area contributed by atoms with Gasteiger partial charge in [-0.3, -0.25) is 9.10 Å². The standard InChI is InChI=1S/C16H25ClN2O3S/c1-5-6-7-10-18-16(20)13(3)19(23(4,21)22)15-11-14(17)9-8-12(15)2/h8-9,11,13H,5-7,10H2,1-4H3,(H,18,20). The fourth-order valence-corrected chi connectivity index (χ4v) is 3.73. The van der Waals surface area contributed by atoms with Gasteiger partial charge in [0.05, 0.1) is 11.9 Å². The summed E-state index contributed by atoms with van der Waals surface area (Å²) in [7, 11) is -3.62. The highest BCUT2D eigenvalue weighted by Crippen LogP contribution is 2.28. The lowest BCUT2D eigenvalue weighted by Crippen LogP contribution is -2.48. The third-order valence-corrected chi connectivity index (χ3v) is 5.04. The summed E-state index contributed by atoms with van der Waals surface area (Å²) in [6.07, 6.45) is 4.05. The number of sulfonamides is 1. The molecule has 0 aromatic heterocycles. The maximum Gasteiger partial charge on any atom is 0.243 e. The van der Waals surface area contributed by atoms with E-state index in [-0.39, 0.29) is 5.91 Å². The van der Waals surface area contributed by atoms with Gasteiger partial charge in [0.15, 0.2) is 0 Å². The fourth-order valence-electron chi connectivity index (χ4n) is 2.34. The van der Waals surface area contributed by atoms with Crippen molar-refractivity contribution >= 4 is 33.2 Å². The molecule has 0 aliphatic rings. The molecule has 0 spiro atoms. The molecule has 1 N–H and O–H groups in total. The van der Waals surface area contributed by atoms with Crippen molar-refractivity contribution in [2.24, 2.45) is 0 Å². The molecule has 5 nitrogen and oxygen atoms in total. The second-order valence-electron chi connectivity index (χ2n) is 5.66. The van der Waals surface area contributed by atoms with Crippen molar-refractivity contribution in [2.45, 2.75) is 46.1 Å². The van der Waals surface area contributed by atoms with Crippen LogP contribution >= 0.6 is 11.6 Å². The van der Waals surface area contributed by atoms with E-state index in [2.05, 4.69) is 12.2 Å². The summed E-state index contributed by atoms with van der Waals surface area (Å²) < 4.78 is 25.6. The Morgan fingerprint density at radius 1 is 1.35 bits per heavy atom. The summed E-state index contributed by atoms with van der Waals surface area (Å²) in [6.45, 7) is 5.99. The van der Waals surface area contributed by atoms with Crippen LogP contribution in [-0.4, -0.2) is 33.2 Å². The molecule has 0 aliphatic carbocycles. The van der Waals surface area contributed by atoms with Crippen molar-refractivity contribution < 1.29 is 13.2 Å². The maximum atomic E-state index is 12.3. The number of hydrogen-bond donors (Lipinski definition) is 1. The molecule has 23 heavy (non-hydrogen) atoms. The third kappa shape index (κ3) is 5.70. The van der Waals surface area contributed by atoms with Gasteiger partial charge in [-0.1, -0.05) is 37.4 Å². The first-order valence-electron chi connectivity index (χ1n) is 7.71. The molecule has 1 amide bonds. The number of aryl methyl sites for hydroxylation is 1. The number of carbonyl (C=O) groups is 1. The molecule has 1 rings (SSSR count). The maximum absolute atomic E-state index is 12.3. The average molecular weight is 361 g/mol. The SMILES string of the molecule is CCCCCNC(=O)C(C)N(c1cc(Cl)ccc1C)S(C)(=O)=O. The molecule has 0 radical (unpaired) electrons. The van der Waals surface area contributed by atoms with Gasteiger partial charge in [-0.25, -0.2) is 8.42 Å². The van der Waals surface area contributed by atoms with Crippen LogP contribution in [0.2, 0.25) is 5.02 Å². The Morgan fingerprint density at radius 3 is 2.57 bits per heavy atom. The molecule has 1 aromatic carbocycles. The Morgan fingerprint density at radius 2 is 2.00 bits per heavy atom. The van der Waals surface area contributed by atoms with Gasteiger partial charge in [0.25, 0.3) is 0 Å². The van der Waals surface area contributed by atoms with E-state index in [1.807, 2.05) is 0 Å². The smallest absolute Gasteiger partial charge is 0.243 e. The third-order valence-electron chi connectivity index (χ3n) is 3.58. The summed E-state index contributed by atoms with van der Waals surface area (Å²) in [6, 6.07) is 4.15.